The zero-order valence-electron chi connectivity index (χ0n) is 11.0. The smallest absolute Gasteiger partial charge is 0.00191 e. The molecule has 1 rings (SSSR count). The SMILES string of the molecule is C1CCNCC1.CCCCN(CC)CC. The molecule has 0 aliphatic carbocycles. The maximum atomic E-state index is 3.28. The molecule has 0 aromatic carbocycles. The van der Waals surface area contributed by atoms with Gasteiger partial charge in [-0.15, -0.1) is 0 Å². The third-order valence-corrected chi connectivity index (χ3v) is 2.93. The second-order valence-electron chi connectivity index (χ2n) is 4.19. The summed E-state index contributed by atoms with van der Waals surface area (Å²) in [7, 11) is 0. The van der Waals surface area contributed by atoms with Crippen molar-refractivity contribution < 1.29 is 0 Å². The van der Waals surface area contributed by atoms with Crippen LogP contribution in [-0.4, -0.2) is 37.6 Å². The van der Waals surface area contributed by atoms with Crippen molar-refractivity contribution in [3.63, 3.8) is 0 Å². The minimum absolute atomic E-state index is 1.20. The standard InChI is InChI=1S/C8H19N.C5H11N/c1-4-7-8-9(5-2)6-3;1-2-4-6-5-3-1/h4-8H2,1-3H3;6H,1-5H2. The lowest BCUT2D eigenvalue weighted by Gasteiger charge is -2.16. The molecule has 0 spiro atoms. The van der Waals surface area contributed by atoms with Crippen LogP contribution < -0.4 is 5.32 Å². The summed E-state index contributed by atoms with van der Waals surface area (Å²) in [5.74, 6) is 0. The Bertz CT molecular complexity index is 95.6. The van der Waals surface area contributed by atoms with E-state index in [9.17, 15) is 0 Å². The van der Waals surface area contributed by atoms with Crippen molar-refractivity contribution in [2.45, 2.75) is 52.9 Å². The summed E-state index contributed by atoms with van der Waals surface area (Å²) in [5, 5.41) is 3.28. The first-order chi connectivity index (χ1) is 7.35. The van der Waals surface area contributed by atoms with E-state index in [1.165, 1.54) is 64.8 Å². The molecule has 1 fully saturated rings. The highest BCUT2D eigenvalue weighted by atomic mass is 15.1. The fraction of sp³-hybridized carbons (Fsp3) is 1.00. The van der Waals surface area contributed by atoms with Gasteiger partial charge in [0.25, 0.3) is 0 Å². The van der Waals surface area contributed by atoms with Gasteiger partial charge in [0.1, 0.15) is 0 Å². The average Bonchev–Trinajstić information content (AvgIpc) is 2.34. The third kappa shape index (κ3) is 10.2. The summed E-state index contributed by atoms with van der Waals surface area (Å²) in [6, 6.07) is 0. The Kier molecular flexibility index (Phi) is 11.9. The Morgan fingerprint density at radius 2 is 1.53 bits per heavy atom. The summed E-state index contributed by atoms with van der Waals surface area (Å²) >= 11 is 0. The first-order valence-corrected chi connectivity index (χ1v) is 6.78. The van der Waals surface area contributed by atoms with Crippen molar-refractivity contribution in [3.05, 3.63) is 0 Å². The number of unbranched alkanes of at least 4 members (excludes halogenated alkanes) is 1. The van der Waals surface area contributed by atoms with E-state index in [0.29, 0.717) is 0 Å². The molecule has 0 atom stereocenters. The zero-order chi connectivity index (χ0) is 11.4. The predicted octanol–water partition coefficient (Wildman–Crippen LogP) is 2.89. The van der Waals surface area contributed by atoms with Crippen molar-refractivity contribution in [1.29, 1.82) is 0 Å². The van der Waals surface area contributed by atoms with Crippen LogP contribution in [0.1, 0.15) is 52.9 Å². The molecular formula is C13H30N2. The largest absolute Gasteiger partial charge is 0.317 e. The van der Waals surface area contributed by atoms with Crippen LogP contribution in [0.5, 0.6) is 0 Å². The van der Waals surface area contributed by atoms with Crippen LogP contribution >= 0.6 is 0 Å². The van der Waals surface area contributed by atoms with Crippen molar-refractivity contribution in [3.8, 4) is 0 Å². The maximum absolute atomic E-state index is 3.28. The predicted molar refractivity (Wildman–Crippen MR) is 69.4 cm³/mol. The van der Waals surface area contributed by atoms with E-state index in [1.807, 2.05) is 0 Å². The summed E-state index contributed by atoms with van der Waals surface area (Å²) < 4.78 is 0. The fourth-order valence-corrected chi connectivity index (χ4v) is 1.72. The molecule has 0 aromatic heterocycles. The van der Waals surface area contributed by atoms with Crippen LogP contribution in [0.4, 0.5) is 0 Å². The van der Waals surface area contributed by atoms with Crippen molar-refractivity contribution >= 4 is 0 Å². The Hall–Kier alpha value is -0.0800. The van der Waals surface area contributed by atoms with Crippen molar-refractivity contribution in [2.24, 2.45) is 0 Å². The Morgan fingerprint density at radius 3 is 1.80 bits per heavy atom. The van der Waals surface area contributed by atoms with Gasteiger partial charge in [-0.3, -0.25) is 0 Å². The number of rotatable bonds is 5. The van der Waals surface area contributed by atoms with Crippen molar-refractivity contribution in [2.75, 3.05) is 32.7 Å². The number of nitrogens with zero attached hydrogens (tertiary/aromatic N) is 1. The van der Waals surface area contributed by atoms with Gasteiger partial charge in [-0.2, -0.15) is 0 Å². The van der Waals surface area contributed by atoms with Gasteiger partial charge >= 0.3 is 0 Å². The van der Waals surface area contributed by atoms with Gasteiger partial charge < -0.3 is 10.2 Å². The van der Waals surface area contributed by atoms with Crippen LogP contribution in [0.15, 0.2) is 0 Å². The molecule has 92 valence electrons. The first kappa shape index (κ1) is 14.9. The van der Waals surface area contributed by atoms with Gasteiger partial charge in [-0.25, -0.2) is 0 Å². The molecular weight excluding hydrogens is 184 g/mol. The minimum Gasteiger partial charge on any atom is -0.317 e. The highest BCUT2D eigenvalue weighted by Crippen LogP contribution is 1.96. The van der Waals surface area contributed by atoms with Gasteiger partial charge in [0.15, 0.2) is 0 Å². The molecule has 1 aliphatic rings. The topological polar surface area (TPSA) is 15.3 Å². The molecule has 1 aliphatic heterocycles. The van der Waals surface area contributed by atoms with E-state index < -0.39 is 0 Å². The monoisotopic (exact) mass is 214 g/mol. The number of nitrogens with one attached hydrogen (secondary N) is 1. The average molecular weight is 214 g/mol. The molecule has 1 saturated heterocycles. The van der Waals surface area contributed by atoms with E-state index in [1.54, 1.807) is 0 Å². The van der Waals surface area contributed by atoms with Crippen LogP contribution in [0.25, 0.3) is 0 Å². The summed E-state index contributed by atoms with van der Waals surface area (Å²) in [6.07, 6.45) is 6.88. The molecule has 0 unspecified atom stereocenters. The zero-order valence-corrected chi connectivity index (χ0v) is 11.0. The summed E-state index contributed by atoms with van der Waals surface area (Å²) in [4.78, 5) is 2.46. The van der Waals surface area contributed by atoms with Crippen LogP contribution in [0.3, 0.4) is 0 Å². The maximum Gasteiger partial charge on any atom is -0.00191 e. The fourth-order valence-electron chi connectivity index (χ4n) is 1.72. The lowest BCUT2D eigenvalue weighted by Crippen LogP contribution is -2.23. The second-order valence-corrected chi connectivity index (χ2v) is 4.19. The molecule has 2 heteroatoms. The molecule has 0 bridgehead atoms. The number of hydrogen-bond acceptors (Lipinski definition) is 2. The molecule has 1 N–H and O–H groups in total. The Morgan fingerprint density at radius 1 is 0.933 bits per heavy atom. The number of hydrogen-bond donors (Lipinski definition) is 1. The van der Waals surface area contributed by atoms with E-state index in [0.717, 1.165) is 0 Å². The van der Waals surface area contributed by atoms with Crippen LogP contribution in [0, 0.1) is 0 Å². The van der Waals surface area contributed by atoms with Gasteiger partial charge in [0, 0.05) is 0 Å². The molecule has 2 nitrogen and oxygen atoms in total. The van der Waals surface area contributed by atoms with E-state index >= 15 is 0 Å². The summed E-state index contributed by atoms with van der Waals surface area (Å²) in [6.45, 7) is 12.9. The summed E-state index contributed by atoms with van der Waals surface area (Å²) in [5.41, 5.74) is 0. The third-order valence-electron chi connectivity index (χ3n) is 2.93. The highest BCUT2D eigenvalue weighted by Gasteiger charge is 1.95. The lowest BCUT2D eigenvalue weighted by atomic mass is 10.2. The van der Waals surface area contributed by atoms with E-state index in [4.69, 9.17) is 0 Å². The normalized spacial score (nSPS) is 16.0. The van der Waals surface area contributed by atoms with Gasteiger partial charge in [0.05, 0.1) is 0 Å². The molecule has 0 saturated carbocycles. The van der Waals surface area contributed by atoms with E-state index in [-0.39, 0.29) is 0 Å². The van der Waals surface area contributed by atoms with Crippen LogP contribution in [0.2, 0.25) is 0 Å². The molecule has 1 heterocycles. The van der Waals surface area contributed by atoms with Crippen LogP contribution in [-0.2, 0) is 0 Å². The quantitative estimate of drug-likeness (QED) is 0.757. The molecule has 0 radical (unpaired) electrons. The van der Waals surface area contributed by atoms with Gasteiger partial charge in [-0.05, 0) is 52.0 Å². The first-order valence-electron chi connectivity index (χ1n) is 6.78. The molecule has 15 heavy (non-hydrogen) atoms. The molecule has 0 aromatic rings. The molecule has 0 amide bonds. The van der Waals surface area contributed by atoms with Gasteiger partial charge in [-0.1, -0.05) is 33.6 Å². The minimum atomic E-state index is 1.20. The van der Waals surface area contributed by atoms with E-state index in [2.05, 4.69) is 31.0 Å². The van der Waals surface area contributed by atoms with Gasteiger partial charge in [0.2, 0.25) is 0 Å². The Labute approximate surface area is 96.4 Å². The Balaban J connectivity index is 0.000000280. The lowest BCUT2D eigenvalue weighted by molar-refractivity contribution is 0.299. The highest BCUT2D eigenvalue weighted by molar-refractivity contribution is 4.55. The number of piperidine rings is 1. The second kappa shape index (κ2) is 12.0. The van der Waals surface area contributed by atoms with Crippen molar-refractivity contribution in [1.82, 2.24) is 10.2 Å².